The molecule has 0 saturated heterocycles. The Labute approximate surface area is 179 Å². The minimum Gasteiger partial charge on any atom is -0.504 e. The van der Waals surface area contributed by atoms with Gasteiger partial charge in [-0.3, -0.25) is 4.40 Å². The summed E-state index contributed by atoms with van der Waals surface area (Å²) < 4.78 is 18.6. The van der Waals surface area contributed by atoms with E-state index in [9.17, 15) is 5.11 Å². The molecule has 0 atom stereocenters. The number of phenolic OH excluding ortho intramolecular Hbond substituents is 1. The largest absolute Gasteiger partial charge is 0.504 e. The third-order valence-electron chi connectivity index (χ3n) is 5.16. The Balaban J connectivity index is 1.68. The SMILES string of the molecule is COc1cc(-c2nc3nc(C)cc(C)n3c2Nc2ccc3c(c2)OCCO3)ccc1O. The van der Waals surface area contributed by atoms with Crippen molar-refractivity contribution in [2.45, 2.75) is 13.8 Å². The second kappa shape index (κ2) is 7.39. The van der Waals surface area contributed by atoms with Gasteiger partial charge in [-0.25, -0.2) is 9.97 Å². The van der Waals surface area contributed by atoms with Crippen LogP contribution in [0.1, 0.15) is 11.4 Å². The lowest BCUT2D eigenvalue weighted by Gasteiger charge is -2.19. The fourth-order valence-corrected chi connectivity index (χ4v) is 3.77. The molecule has 31 heavy (non-hydrogen) atoms. The van der Waals surface area contributed by atoms with E-state index in [0.29, 0.717) is 36.2 Å². The van der Waals surface area contributed by atoms with Crippen LogP contribution in [0.2, 0.25) is 0 Å². The molecular weight excluding hydrogens is 396 g/mol. The van der Waals surface area contributed by atoms with Crippen molar-refractivity contribution in [3.05, 3.63) is 53.9 Å². The summed E-state index contributed by atoms with van der Waals surface area (Å²) in [4.78, 5) is 9.39. The summed E-state index contributed by atoms with van der Waals surface area (Å²) in [6, 6.07) is 12.9. The molecule has 0 bridgehead atoms. The Morgan fingerprint density at radius 2 is 1.81 bits per heavy atom. The molecule has 0 aliphatic carbocycles. The van der Waals surface area contributed by atoms with E-state index in [1.807, 2.05) is 42.5 Å². The van der Waals surface area contributed by atoms with Crippen LogP contribution in [-0.2, 0) is 0 Å². The highest BCUT2D eigenvalue weighted by Gasteiger charge is 2.20. The normalized spacial score (nSPS) is 12.7. The minimum absolute atomic E-state index is 0.0708. The third-order valence-corrected chi connectivity index (χ3v) is 5.16. The number of anilines is 2. The Morgan fingerprint density at radius 1 is 1.00 bits per heavy atom. The van der Waals surface area contributed by atoms with E-state index in [-0.39, 0.29) is 5.75 Å². The maximum Gasteiger partial charge on any atom is 0.236 e. The molecule has 2 aromatic heterocycles. The first-order chi connectivity index (χ1) is 15.0. The van der Waals surface area contributed by atoms with Crippen LogP contribution in [0.5, 0.6) is 23.0 Å². The first kappa shape index (κ1) is 19.0. The van der Waals surface area contributed by atoms with Gasteiger partial charge in [-0.1, -0.05) is 0 Å². The number of aryl methyl sites for hydroxylation is 2. The van der Waals surface area contributed by atoms with Crippen LogP contribution in [0.3, 0.4) is 0 Å². The predicted molar refractivity (Wildman–Crippen MR) is 117 cm³/mol. The summed E-state index contributed by atoms with van der Waals surface area (Å²) in [7, 11) is 1.52. The number of hydrogen-bond donors (Lipinski definition) is 2. The Bertz CT molecular complexity index is 1300. The first-order valence-electron chi connectivity index (χ1n) is 9.94. The predicted octanol–water partition coefficient (Wildman–Crippen LogP) is 4.24. The number of ether oxygens (including phenoxy) is 3. The molecule has 0 fully saturated rings. The molecule has 2 aromatic carbocycles. The van der Waals surface area contributed by atoms with Crippen LogP contribution in [0.25, 0.3) is 17.0 Å². The molecule has 0 radical (unpaired) electrons. The van der Waals surface area contributed by atoms with Crippen LogP contribution in [-0.4, -0.2) is 39.8 Å². The van der Waals surface area contributed by atoms with Gasteiger partial charge in [0.1, 0.15) is 24.7 Å². The average Bonchev–Trinajstić information content (AvgIpc) is 3.12. The van der Waals surface area contributed by atoms with E-state index in [4.69, 9.17) is 19.2 Å². The Hall–Kier alpha value is -3.94. The van der Waals surface area contributed by atoms with E-state index < -0.39 is 0 Å². The van der Waals surface area contributed by atoms with E-state index >= 15 is 0 Å². The van der Waals surface area contributed by atoms with Crippen molar-refractivity contribution in [2.24, 2.45) is 0 Å². The molecule has 1 aliphatic rings. The van der Waals surface area contributed by atoms with Gasteiger partial charge in [0.25, 0.3) is 0 Å². The van der Waals surface area contributed by atoms with Crippen molar-refractivity contribution in [1.82, 2.24) is 14.4 Å². The van der Waals surface area contributed by atoms with Crippen molar-refractivity contribution in [3.63, 3.8) is 0 Å². The highest BCUT2D eigenvalue weighted by atomic mass is 16.6. The molecular formula is C23H22N4O4. The van der Waals surface area contributed by atoms with Crippen molar-refractivity contribution >= 4 is 17.3 Å². The molecule has 0 unspecified atom stereocenters. The lowest BCUT2D eigenvalue weighted by Crippen LogP contribution is -2.15. The van der Waals surface area contributed by atoms with Crippen LogP contribution < -0.4 is 19.5 Å². The number of hydrogen-bond acceptors (Lipinski definition) is 7. The summed E-state index contributed by atoms with van der Waals surface area (Å²) >= 11 is 0. The van der Waals surface area contributed by atoms with Crippen LogP contribution >= 0.6 is 0 Å². The summed E-state index contributed by atoms with van der Waals surface area (Å²) in [6.45, 7) is 5.02. The van der Waals surface area contributed by atoms with Crippen molar-refractivity contribution < 1.29 is 19.3 Å². The van der Waals surface area contributed by atoms with Crippen LogP contribution in [0.15, 0.2) is 42.5 Å². The standard InChI is InChI=1S/C23H22N4O4/c1-13-10-14(2)27-22(25-16-5-7-18-20(12-16)31-9-8-30-18)21(26-23(27)24-13)15-4-6-17(28)19(11-15)29-3/h4-7,10-12,25,28H,8-9H2,1-3H3. The molecule has 1 aliphatic heterocycles. The number of methoxy groups -OCH3 is 1. The Morgan fingerprint density at radius 3 is 2.61 bits per heavy atom. The number of aromatic hydroxyl groups is 1. The van der Waals surface area contributed by atoms with Gasteiger partial charge in [0.2, 0.25) is 5.78 Å². The highest BCUT2D eigenvalue weighted by molar-refractivity contribution is 5.81. The third kappa shape index (κ3) is 3.35. The Kier molecular flexibility index (Phi) is 4.54. The number of benzene rings is 2. The highest BCUT2D eigenvalue weighted by Crippen LogP contribution is 2.38. The molecule has 0 spiro atoms. The monoisotopic (exact) mass is 418 g/mol. The lowest BCUT2D eigenvalue weighted by atomic mass is 10.1. The van der Waals surface area contributed by atoms with Crippen molar-refractivity contribution in [3.8, 4) is 34.3 Å². The maximum atomic E-state index is 10.0. The number of phenols is 1. The summed E-state index contributed by atoms with van der Waals surface area (Å²) in [6.07, 6.45) is 0. The molecule has 0 amide bonds. The van der Waals surface area contributed by atoms with Crippen molar-refractivity contribution in [1.29, 1.82) is 0 Å². The molecule has 8 nitrogen and oxygen atoms in total. The number of nitrogens with one attached hydrogen (secondary N) is 1. The van der Waals surface area contributed by atoms with Gasteiger partial charge in [-0.05, 0) is 50.2 Å². The van der Waals surface area contributed by atoms with E-state index in [1.165, 1.54) is 7.11 Å². The van der Waals surface area contributed by atoms with Gasteiger partial charge in [0, 0.05) is 28.7 Å². The molecule has 158 valence electrons. The molecule has 4 aromatic rings. The zero-order valence-corrected chi connectivity index (χ0v) is 17.5. The lowest BCUT2D eigenvalue weighted by molar-refractivity contribution is 0.171. The maximum absolute atomic E-state index is 10.0. The average molecular weight is 418 g/mol. The smallest absolute Gasteiger partial charge is 0.236 e. The number of nitrogens with zero attached hydrogens (tertiary/aromatic N) is 3. The van der Waals surface area contributed by atoms with Gasteiger partial charge in [-0.2, -0.15) is 0 Å². The van der Waals surface area contributed by atoms with Gasteiger partial charge in [-0.15, -0.1) is 0 Å². The summed E-state index contributed by atoms with van der Waals surface area (Å²) in [5, 5.41) is 13.5. The van der Waals surface area contributed by atoms with Crippen LogP contribution in [0.4, 0.5) is 11.5 Å². The second-order valence-electron chi connectivity index (χ2n) is 7.35. The van der Waals surface area contributed by atoms with E-state index in [0.717, 1.165) is 34.2 Å². The quantitative estimate of drug-likeness (QED) is 0.512. The van der Waals surface area contributed by atoms with Gasteiger partial charge < -0.3 is 24.6 Å². The van der Waals surface area contributed by atoms with Gasteiger partial charge >= 0.3 is 0 Å². The van der Waals surface area contributed by atoms with Gasteiger partial charge in [0.15, 0.2) is 23.0 Å². The zero-order valence-electron chi connectivity index (χ0n) is 17.5. The summed E-state index contributed by atoms with van der Waals surface area (Å²) in [5.74, 6) is 3.21. The van der Waals surface area contributed by atoms with E-state index in [2.05, 4.69) is 10.3 Å². The summed E-state index contributed by atoms with van der Waals surface area (Å²) in [5.41, 5.74) is 4.19. The van der Waals surface area contributed by atoms with Crippen molar-refractivity contribution in [2.75, 3.05) is 25.6 Å². The molecule has 2 N–H and O–H groups in total. The first-order valence-corrected chi connectivity index (χ1v) is 9.94. The fraction of sp³-hybridized carbons (Fsp3) is 0.217. The molecule has 5 rings (SSSR count). The zero-order chi connectivity index (χ0) is 21.5. The van der Waals surface area contributed by atoms with Gasteiger partial charge in [0.05, 0.1) is 7.11 Å². The number of rotatable bonds is 4. The molecule has 3 heterocycles. The topological polar surface area (TPSA) is 90.1 Å². The van der Waals surface area contributed by atoms with E-state index in [1.54, 1.807) is 18.2 Å². The van der Waals surface area contributed by atoms with Crippen LogP contribution in [0, 0.1) is 13.8 Å². The number of fused-ring (bicyclic) bond motifs is 2. The number of aromatic nitrogens is 3. The minimum atomic E-state index is 0.0708. The second-order valence-corrected chi connectivity index (χ2v) is 7.35. The molecule has 8 heteroatoms. The molecule has 0 saturated carbocycles. The number of imidazole rings is 1. The fourth-order valence-electron chi connectivity index (χ4n) is 3.77.